The van der Waals surface area contributed by atoms with Crippen LogP contribution in [0.1, 0.15) is 23.1 Å². The highest BCUT2D eigenvalue weighted by Crippen LogP contribution is 2.32. The van der Waals surface area contributed by atoms with Crippen LogP contribution >= 0.6 is 11.3 Å². The lowest BCUT2D eigenvalue weighted by Crippen LogP contribution is -2.06. The average molecular weight is 334 g/mol. The van der Waals surface area contributed by atoms with Gasteiger partial charge in [0, 0.05) is 6.92 Å². The third kappa shape index (κ3) is 2.29. The molecule has 0 saturated carbocycles. The molecule has 0 fully saturated rings. The van der Waals surface area contributed by atoms with Crippen molar-refractivity contribution in [1.29, 1.82) is 0 Å². The van der Waals surface area contributed by atoms with Gasteiger partial charge >= 0.3 is 0 Å². The van der Waals surface area contributed by atoms with Crippen LogP contribution < -0.4 is 0 Å². The van der Waals surface area contributed by atoms with Gasteiger partial charge in [0.2, 0.25) is 10.9 Å². The van der Waals surface area contributed by atoms with Gasteiger partial charge in [0.05, 0.1) is 6.20 Å². The number of halogens is 2. The zero-order valence-corrected chi connectivity index (χ0v) is 13.4. The van der Waals surface area contributed by atoms with Crippen molar-refractivity contribution in [2.24, 2.45) is 0 Å². The van der Waals surface area contributed by atoms with Crippen molar-refractivity contribution in [1.82, 2.24) is 19.6 Å². The minimum atomic E-state index is -2.97. The number of aromatic nitrogens is 4. The molecule has 3 heterocycles. The number of hydrogen-bond donors (Lipinski definition) is 0. The molecule has 0 bridgehead atoms. The van der Waals surface area contributed by atoms with Crippen LogP contribution in [0.4, 0.5) is 8.78 Å². The summed E-state index contributed by atoms with van der Waals surface area (Å²) in [6.07, 6.45) is 1.55. The molecule has 5 nitrogen and oxygen atoms in total. The fraction of sp³-hybridized carbons (Fsp3) is 0.267. The Hall–Kier alpha value is -2.35. The molecule has 1 aromatic carbocycles. The number of benzene rings is 1. The van der Waals surface area contributed by atoms with E-state index >= 15 is 0 Å². The number of fused-ring (bicyclic) bond motifs is 2. The number of hydrogen-bond acceptors (Lipinski definition) is 5. The summed E-state index contributed by atoms with van der Waals surface area (Å²) in [4.78, 5) is 9.08. The molecule has 0 unspecified atom stereocenters. The van der Waals surface area contributed by atoms with E-state index < -0.39 is 5.92 Å². The fourth-order valence-corrected chi connectivity index (χ4v) is 3.08. The Balaban J connectivity index is 1.81. The summed E-state index contributed by atoms with van der Waals surface area (Å²) >= 11 is 0.853. The van der Waals surface area contributed by atoms with Gasteiger partial charge in [-0.2, -0.15) is 13.9 Å². The Morgan fingerprint density at radius 1 is 1.17 bits per heavy atom. The Morgan fingerprint density at radius 2 is 1.91 bits per heavy atom. The number of alkyl halides is 2. The van der Waals surface area contributed by atoms with Crippen molar-refractivity contribution in [3.8, 4) is 11.6 Å². The van der Waals surface area contributed by atoms with E-state index in [-0.39, 0.29) is 5.01 Å². The largest absolute Gasteiger partial charge is 0.435 e. The van der Waals surface area contributed by atoms with Gasteiger partial charge in [-0.1, -0.05) is 11.3 Å². The van der Waals surface area contributed by atoms with E-state index in [9.17, 15) is 8.78 Å². The Kier molecular flexibility index (Phi) is 2.84. The molecule has 0 amide bonds. The van der Waals surface area contributed by atoms with Crippen molar-refractivity contribution in [2.75, 3.05) is 0 Å². The van der Waals surface area contributed by atoms with Gasteiger partial charge in [0.15, 0.2) is 10.6 Å². The highest BCUT2D eigenvalue weighted by molar-refractivity contribution is 7.16. The highest BCUT2D eigenvalue weighted by atomic mass is 32.1. The molecule has 0 aliphatic carbocycles. The van der Waals surface area contributed by atoms with Gasteiger partial charge in [-0.05, 0) is 37.1 Å². The second-order valence-corrected chi connectivity index (χ2v) is 6.53. The molecule has 0 saturated heterocycles. The first-order valence-corrected chi connectivity index (χ1v) is 7.75. The zero-order chi connectivity index (χ0) is 16.4. The van der Waals surface area contributed by atoms with Crippen molar-refractivity contribution >= 4 is 27.4 Å². The van der Waals surface area contributed by atoms with E-state index in [0.717, 1.165) is 34.9 Å². The van der Waals surface area contributed by atoms with E-state index in [1.54, 1.807) is 6.20 Å². The van der Waals surface area contributed by atoms with Crippen molar-refractivity contribution < 1.29 is 13.2 Å². The number of imidazole rings is 1. The normalized spacial score (nSPS) is 12.6. The minimum absolute atomic E-state index is 0.268. The van der Waals surface area contributed by atoms with Crippen LogP contribution in [-0.2, 0) is 5.92 Å². The lowest BCUT2D eigenvalue weighted by Gasteiger charge is -2.02. The van der Waals surface area contributed by atoms with Crippen molar-refractivity contribution in [3.63, 3.8) is 0 Å². The van der Waals surface area contributed by atoms with Crippen LogP contribution in [0.25, 0.3) is 27.6 Å². The summed E-state index contributed by atoms with van der Waals surface area (Å²) in [5.74, 6) is -2.62. The van der Waals surface area contributed by atoms with Crippen LogP contribution in [0.2, 0.25) is 0 Å². The lowest BCUT2D eigenvalue weighted by molar-refractivity contribution is 0.0163. The Bertz CT molecular complexity index is 971. The summed E-state index contributed by atoms with van der Waals surface area (Å²) in [6.45, 7) is 4.82. The third-order valence-corrected chi connectivity index (χ3v) is 4.74. The fourth-order valence-electron chi connectivity index (χ4n) is 2.27. The smallest absolute Gasteiger partial charge is 0.298 e. The second-order valence-electron chi connectivity index (χ2n) is 5.57. The van der Waals surface area contributed by atoms with Crippen LogP contribution in [0.3, 0.4) is 0 Å². The highest BCUT2D eigenvalue weighted by Gasteiger charge is 2.30. The minimum Gasteiger partial charge on any atom is -0.435 e. The standard InChI is InChI=1S/C15H12F2N4OS/c1-7-4-9-11(5-8(7)2)22-12(18-9)10-6-21-14(19-10)23-13(20-21)15(3,16)17/h4-6H,1-3H3. The number of aryl methyl sites for hydroxylation is 2. The molecular formula is C15H12F2N4OS. The first-order chi connectivity index (χ1) is 10.8. The molecule has 0 aliphatic heterocycles. The van der Waals surface area contributed by atoms with Gasteiger partial charge in [0.25, 0.3) is 5.92 Å². The molecule has 3 aromatic heterocycles. The zero-order valence-electron chi connectivity index (χ0n) is 12.6. The first-order valence-electron chi connectivity index (χ1n) is 6.94. The summed E-state index contributed by atoms with van der Waals surface area (Å²) in [6, 6.07) is 3.87. The van der Waals surface area contributed by atoms with Crippen LogP contribution in [-0.4, -0.2) is 19.6 Å². The molecule has 8 heteroatoms. The quantitative estimate of drug-likeness (QED) is 0.547. The van der Waals surface area contributed by atoms with E-state index in [4.69, 9.17) is 4.42 Å². The molecule has 0 aliphatic rings. The number of rotatable bonds is 2. The molecule has 0 N–H and O–H groups in total. The molecule has 23 heavy (non-hydrogen) atoms. The van der Waals surface area contributed by atoms with Gasteiger partial charge in [-0.25, -0.2) is 14.5 Å². The first kappa shape index (κ1) is 14.3. The predicted molar refractivity (Wildman–Crippen MR) is 82.9 cm³/mol. The predicted octanol–water partition coefficient (Wildman–Crippen LogP) is 4.33. The third-order valence-electron chi connectivity index (χ3n) is 3.64. The maximum Gasteiger partial charge on any atom is 0.298 e. The summed E-state index contributed by atoms with van der Waals surface area (Å²) < 4.78 is 33.6. The SMILES string of the molecule is Cc1cc2nc(-c3cn4nc(C(C)(F)F)sc4n3)oc2cc1C. The van der Waals surface area contributed by atoms with Crippen molar-refractivity contribution in [2.45, 2.75) is 26.7 Å². The topological polar surface area (TPSA) is 56.2 Å². The van der Waals surface area contributed by atoms with E-state index in [1.165, 1.54) is 4.52 Å². The Morgan fingerprint density at radius 3 is 2.61 bits per heavy atom. The molecule has 4 aromatic rings. The van der Waals surface area contributed by atoms with Gasteiger partial charge in [-0.3, -0.25) is 0 Å². The summed E-state index contributed by atoms with van der Waals surface area (Å²) in [7, 11) is 0. The maximum atomic E-state index is 13.3. The van der Waals surface area contributed by atoms with E-state index in [2.05, 4.69) is 15.1 Å². The summed E-state index contributed by atoms with van der Waals surface area (Å²) in [5.41, 5.74) is 4.13. The Labute approximate surface area is 133 Å². The maximum absolute atomic E-state index is 13.3. The molecule has 4 rings (SSSR count). The number of nitrogens with zero attached hydrogens (tertiary/aromatic N) is 4. The molecule has 0 spiro atoms. The number of oxazole rings is 1. The van der Waals surface area contributed by atoms with E-state index in [0.29, 0.717) is 22.1 Å². The van der Waals surface area contributed by atoms with E-state index in [1.807, 2.05) is 26.0 Å². The second kappa shape index (κ2) is 4.58. The van der Waals surface area contributed by atoms with Crippen LogP contribution in [0.15, 0.2) is 22.7 Å². The molecule has 118 valence electrons. The summed E-state index contributed by atoms with van der Waals surface area (Å²) in [5, 5.41) is 3.60. The monoisotopic (exact) mass is 334 g/mol. The molecular weight excluding hydrogens is 322 g/mol. The van der Waals surface area contributed by atoms with Gasteiger partial charge in [-0.15, -0.1) is 0 Å². The van der Waals surface area contributed by atoms with Crippen molar-refractivity contribution in [3.05, 3.63) is 34.5 Å². The van der Waals surface area contributed by atoms with Gasteiger partial charge in [0.1, 0.15) is 11.2 Å². The molecule has 0 atom stereocenters. The average Bonchev–Trinajstić information content (AvgIpc) is 3.09. The molecule has 0 radical (unpaired) electrons. The van der Waals surface area contributed by atoms with Crippen LogP contribution in [0.5, 0.6) is 0 Å². The lowest BCUT2D eigenvalue weighted by atomic mass is 10.1. The van der Waals surface area contributed by atoms with Gasteiger partial charge < -0.3 is 4.42 Å². The van der Waals surface area contributed by atoms with Crippen LogP contribution in [0, 0.1) is 13.8 Å².